The molecule has 0 heterocycles. The van der Waals surface area contributed by atoms with Crippen molar-refractivity contribution in [2.45, 2.75) is 6.10 Å². The van der Waals surface area contributed by atoms with E-state index in [2.05, 4.69) is 0 Å². The summed E-state index contributed by atoms with van der Waals surface area (Å²) in [7, 11) is 0. The summed E-state index contributed by atoms with van der Waals surface area (Å²) in [4.78, 5) is 0. The number of hydrogen-bond donors (Lipinski definition) is 2. The van der Waals surface area contributed by atoms with Crippen molar-refractivity contribution in [1.29, 1.82) is 0 Å². The Bertz CT molecular complexity index is 237. The van der Waals surface area contributed by atoms with E-state index in [9.17, 15) is 5.11 Å². The van der Waals surface area contributed by atoms with Crippen LogP contribution >= 0.6 is 11.6 Å². The van der Waals surface area contributed by atoms with Crippen LogP contribution in [0.5, 0.6) is 0 Å². The summed E-state index contributed by atoms with van der Waals surface area (Å²) >= 11 is 5.73. The minimum Gasteiger partial charge on any atom is -0.393 e. The third-order valence-electron chi connectivity index (χ3n) is 1.44. The molecule has 0 saturated carbocycles. The molecule has 0 aliphatic rings. The lowest BCUT2D eigenvalue weighted by Gasteiger charge is -2.08. The molecule has 1 aromatic carbocycles. The van der Waals surface area contributed by atoms with Gasteiger partial charge in [0.25, 0.3) is 0 Å². The molecule has 1 aromatic rings. The van der Waals surface area contributed by atoms with Crippen LogP contribution in [0.25, 0.3) is 0 Å². The van der Waals surface area contributed by atoms with Gasteiger partial charge >= 0.3 is 0 Å². The average Bonchev–Trinajstić information content (AvgIpc) is 2.04. The van der Waals surface area contributed by atoms with Crippen LogP contribution in [-0.4, -0.2) is 16.8 Å². The lowest BCUT2D eigenvalue weighted by Crippen LogP contribution is -2.02. The molecule has 0 aliphatic heterocycles. The minimum atomic E-state index is -0.872. The molecule has 0 bridgehead atoms. The standard InChI is InChI=1S/C8H9ClO2/c9-7-4-2-1-3-6(7)8(11)5-10/h1-4,8,10-11H,5H2/t8-/m0/s1. The first kappa shape index (κ1) is 8.53. The topological polar surface area (TPSA) is 40.5 Å². The fourth-order valence-corrected chi connectivity index (χ4v) is 1.11. The zero-order valence-electron chi connectivity index (χ0n) is 5.87. The van der Waals surface area contributed by atoms with Gasteiger partial charge in [-0.25, -0.2) is 0 Å². The summed E-state index contributed by atoms with van der Waals surface area (Å²) in [6.07, 6.45) is -0.872. The van der Waals surface area contributed by atoms with E-state index in [-0.39, 0.29) is 6.61 Å². The van der Waals surface area contributed by atoms with E-state index in [4.69, 9.17) is 16.7 Å². The average molecular weight is 173 g/mol. The first-order chi connectivity index (χ1) is 5.25. The third-order valence-corrected chi connectivity index (χ3v) is 1.78. The molecule has 1 rings (SSSR count). The van der Waals surface area contributed by atoms with Crippen LogP contribution in [0.15, 0.2) is 24.3 Å². The van der Waals surface area contributed by atoms with Crippen LogP contribution in [0.2, 0.25) is 5.02 Å². The zero-order valence-corrected chi connectivity index (χ0v) is 6.62. The van der Waals surface area contributed by atoms with Crippen LogP contribution in [0.4, 0.5) is 0 Å². The van der Waals surface area contributed by atoms with Crippen LogP contribution in [0.3, 0.4) is 0 Å². The van der Waals surface area contributed by atoms with Crippen LogP contribution in [0.1, 0.15) is 11.7 Å². The number of aliphatic hydroxyl groups is 2. The molecule has 0 aliphatic carbocycles. The molecule has 0 spiro atoms. The quantitative estimate of drug-likeness (QED) is 0.708. The Hall–Kier alpha value is -0.570. The molecule has 60 valence electrons. The van der Waals surface area contributed by atoms with Crippen molar-refractivity contribution in [2.24, 2.45) is 0 Å². The predicted octanol–water partition coefficient (Wildman–Crippen LogP) is 1.37. The van der Waals surface area contributed by atoms with Gasteiger partial charge in [-0.3, -0.25) is 0 Å². The van der Waals surface area contributed by atoms with Gasteiger partial charge in [-0.05, 0) is 6.07 Å². The maximum atomic E-state index is 9.18. The van der Waals surface area contributed by atoms with Crippen molar-refractivity contribution in [2.75, 3.05) is 6.61 Å². The maximum absolute atomic E-state index is 9.18. The molecule has 0 radical (unpaired) electrons. The van der Waals surface area contributed by atoms with Crippen molar-refractivity contribution < 1.29 is 10.2 Å². The van der Waals surface area contributed by atoms with E-state index in [0.29, 0.717) is 10.6 Å². The van der Waals surface area contributed by atoms with E-state index in [0.717, 1.165) is 0 Å². The first-order valence-corrected chi connectivity index (χ1v) is 3.67. The largest absolute Gasteiger partial charge is 0.393 e. The van der Waals surface area contributed by atoms with Gasteiger partial charge in [0.05, 0.1) is 6.61 Å². The molecule has 11 heavy (non-hydrogen) atoms. The summed E-state index contributed by atoms with van der Waals surface area (Å²) in [5, 5.41) is 18.3. The number of hydrogen-bond acceptors (Lipinski definition) is 2. The summed E-state index contributed by atoms with van der Waals surface area (Å²) in [5.41, 5.74) is 0.566. The number of halogens is 1. The van der Waals surface area contributed by atoms with Crippen LogP contribution in [-0.2, 0) is 0 Å². The second-order valence-electron chi connectivity index (χ2n) is 2.22. The van der Waals surface area contributed by atoms with Crippen molar-refractivity contribution >= 4 is 11.6 Å². The first-order valence-electron chi connectivity index (χ1n) is 3.29. The lowest BCUT2D eigenvalue weighted by molar-refractivity contribution is 0.0957. The Balaban J connectivity index is 2.93. The van der Waals surface area contributed by atoms with Gasteiger partial charge in [-0.15, -0.1) is 0 Å². The molecule has 2 nitrogen and oxygen atoms in total. The Morgan fingerprint density at radius 2 is 2.00 bits per heavy atom. The van der Waals surface area contributed by atoms with Crippen LogP contribution in [0, 0.1) is 0 Å². The van der Waals surface area contributed by atoms with Crippen molar-refractivity contribution in [3.63, 3.8) is 0 Å². The normalized spacial score (nSPS) is 13.0. The summed E-state index contributed by atoms with van der Waals surface area (Å²) < 4.78 is 0. The zero-order chi connectivity index (χ0) is 8.27. The summed E-state index contributed by atoms with van der Waals surface area (Å²) in [6, 6.07) is 6.90. The van der Waals surface area contributed by atoms with Crippen molar-refractivity contribution in [3.05, 3.63) is 34.9 Å². The molecule has 0 aromatic heterocycles. The monoisotopic (exact) mass is 172 g/mol. The minimum absolute atomic E-state index is 0.302. The highest BCUT2D eigenvalue weighted by molar-refractivity contribution is 6.31. The molecular formula is C8H9ClO2. The SMILES string of the molecule is OC[C@H](O)c1ccccc1Cl. The fraction of sp³-hybridized carbons (Fsp3) is 0.250. The molecule has 2 N–H and O–H groups in total. The summed E-state index contributed by atoms with van der Waals surface area (Å²) in [6.45, 7) is -0.302. The Kier molecular flexibility index (Phi) is 2.88. The van der Waals surface area contributed by atoms with Gasteiger partial charge in [0.1, 0.15) is 6.10 Å². The Morgan fingerprint density at radius 3 is 2.55 bits per heavy atom. The highest BCUT2D eigenvalue weighted by atomic mass is 35.5. The van der Waals surface area contributed by atoms with Gasteiger partial charge in [0.2, 0.25) is 0 Å². The second-order valence-corrected chi connectivity index (χ2v) is 2.63. The molecular weight excluding hydrogens is 164 g/mol. The molecule has 0 unspecified atom stereocenters. The highest BCUT2D eigenvalue weighted by Crippen LogP contribution is 2.21. The van der Waals surface area contributed by atoms with Gasteiger partial charge in [-0.1, -0.05) is 29.8 Å². The molecule has 0 saturated heterocycles. The molecule has 3 heteroatoms. The van der Waals surface area contributed by atoms with Gasteiger partial charge in [-0.2, -0.15) is 0 Å². The number of aliphatic hydroxyl groups excluding tert-OH is 2. The maximum Gasteiger partial charge on any atom is 0.103 e. The fourth-order valence-electron chi connectivity index (χ4n) is 0.844. The predicted molar refractivity (Wildman–Crippen MR) is 43.5 cm³/mol. The van der Waals surface area contributed by atoms with E-state index in [1.165, 1.54) is 0 Å². The number of benzene rings is 1. The van der Waals surface area contributed by atoms with Crippen molar-refractivity contribution in [3.8, 4) is 0 Å². The van der Waals surface area contributed by atoms with E-state index in [1.54, 1.807) is 24.3 Å². The lowest BCUT2D eigenvalue weighted by atomic mass is 10.1. The Morgan fingerprint density at radius 1 is 1.36 bits per heavy atom. The van der Waals surface area contributed by atoms with Crippen LogP contribution < -0.4 is 0 Å². The van der Waals surface area contributed by atoms with Gasteiger partial charge in [0.15, 0.2) is 0 Å². The van der Waals surface area contributed by atoms with Gasteiger partial charge < -0.3 is 10.2 Å². The van der Waals surface area contributed by atoms with E-state index >= 15 is 0 Å². The molecule has 0 fully saturated rings. The Labute approximate surface area is 70.1 Å². The molecule has 1 atom stereocenters. The van der Waals surface area contributed by atoms with E-state index < -0.39 is 6.10 Å². The smallest absolute Gasteiger partial charge is 0.103 e. The number of rotatable bonds is 2. The third kappa shape index (κ3) is 1.93. The molecule has 0 amide bonds. The second kappa shape index (κ2) is 3.72. The summed E-state index contributed by atoms with van der Waals surface area (Å²) in [5.74, 6) is 0. The van der Waals surface area contributed by atoms with Crippen molar-refractivity contribution in [1.82, 2.24) is 0 Å². The van der Waals surface area contributed by atoms with Gasteiger partial charge in [0, 0.05) is 10.6 Å². The highest BCUT2D eigenvalue weighted by Gasteiger charge is 2.08. The van der Waals surface area contributed by atoms with E-state index in [1.807, 2.05) is 0 Å².